The molecule has 11 rings (SSSR count). The van der Waals surface area contributed by atoms with Gasteiger partial charge in [-0.15, -0.1) is 0 Å². The van der Waals surface area contributed by atoms with Crippen LogP contribution in [0.4, 0.5) is 22.7 Å². The van der Waals surface area contributed by atoms with Gasteiger partial charge in [0.2, 0.25) is 0 Å². The minimum atomic E-state index is -0.211. The predicted octanol–water partition coefficient (Wildman–Crippen LogP) is 14.1. The third-order valence-corrected chi connectivity index (χ3v) is 16.8. The zero-order chi connectivity index (χ0) is 43.5. The topological polar surface area (TPSA) is 6.48 Å². The Morgan fingerprint density at radius 3 is 2.13 bits per heavy atom. The van der Waals surface area contributed by atoms with Crippen molar-refractivity contribution in [3.63, 3.8) is 0 Å². The highest BCUT2D eigenvalue weighted by Gasteiger charge is 2.53. The first kappa shape index (κ1) is 40.0. The average Bonchev–Trinajstić information content (AvgIpc) is 3.57. The second kappa shape index (κ2) is 13.2. The van der Waals surface area contributed by atoms with E-state index in [2.05, 4.69) is 202 Å². The van der Waals surface area contributed by atoms with E-state index >= 15 is 0 Å². The molecule has 4 aliphatic carbocycles. The Hall–Kier alpha value is -4.76. The van der Waals surface area contributed by atoms with Crippen molar-refractivity contribution in [2.24, 2.45) is 16.7 Å². The van der Waals surface area contributed by atoms with Crippen molar-refractivity contribution in [1.82, 2.24) is 0 Å². The Kier molecular flexibility index (Phi) is 8.50. The van der Waals surface area contributed by atoms with Crippen LogP contribution in [0.1, 0.15) is 143 Å². The van der Waals surface area contributed by atoms with Gasteiger partial charge in [0.15, 0.2) is 0 Å². The van der Waals surface area contributed by atoms with E-state index < -0.39 is 0 Å². The van der Waals surface area contributed by atoms with Gasteiger partial charge in [-0.1, -0.05) is 185 Å². The fraction of sp³-hybridized carbons (Fsp3) is 0.424. The molecule has 4 aliphatic heterocycles. The standard InChI is InChI=1S/C59H67BN2/c1-55(2,3)37-24-26-49-45(30-37)46-31-42(57(7,8)9)33-48-54(46)62(49)52-35-43-34-51-53(52)60(48)47-32-38(56(4,5)6)25-27-50(47)61(51)44-23-17-21-40(29-44)58(10,11)39-20-16-22-41(28-39)59(43,12)36-18-14-13-15-19-36/h13-14,16-18,20-21,23-28,30,32-35,41,44,46H,15,19,22,29,31H2,1-12H3. The molecule has 3 heteroatoms. The van der Waals surface area contributed by atoms with Crippen molar-refractivity contribution >= 4 is 40.4 Å². The molecule has 316 valence electrons. The molecule has 0 amide bonds. The van der Waals surface area contributed by atoms with Gasteiger partial charge in [0.05, 0.1) is 6.04 Å². The Morgan fingerprint density at radius 2 is 1.42 bits per heavy atom. The van der Waals surface area contributed by atoms with Gasteiger partial charge >= 0.3 is 0 Å². The van der Waals surface area contributed by atoms with Gasteiger partial charge in [-0.2, -0.15) is 0 Å². The molecule has 0 spiro atoms. The van der Waals surface area contributed by atoms with E-state index in [0.29, 0.717) is 11.8 Å². The van der Waals surface area contributed by atoms with E-state index in [-0.39, 0.29) is 39.8 Å². The molecule has 62 heavy (non-hydrogen) atoms. The number of benzene rings is 3. The van der Waals surface area contributed by atoms with Crippen LogP contribution in [0.15, 0.2) is 143 Å². The minimum Gasteiger partial charge on any atom is -0.335 e. The van der Waals surface area contributed by atoms with Crippen molar-refractivity contribution in [2.75, 3.05) is 9.80 Å². The van der Waals surface area contributed by atoms with E-state index in [1.165, 1.54) is 78.2 Å². The molecule has 4 atom stereocenters. The SMILES string of the molecule is CC(C)(C)C1=CC2=C3C(C1)c1cc(C(C)(C)C)ccc1N3c1cc3cc4c1B2c1cc(C(C)(C)C)ccc1N4C1C=CC=C(C1)C(C)(C)C1=CC(CC=C1)C3(C)C1=CC=CCC1. The molecule has 6 bridgehead atoms. The summed E-state index contributed by atoms with van der Waals surface area (Å²) in [6, 6.07) is 20.7. The Balaban J connectivity index is 1.29. The quantitative estimate of drug-likeness (QED) is 0.226. The van der Waals surface area contributed by atoms with Gasteiger partial charge in [-0.25, -0.2) is 0 Å². The Labute approximate surface area is 373 Å². The van der Waals surface area contributed by atoms with Crippen LogP contribution in [0.5, 0.6) is 0 Å². The summed E-state index contributed by atoms with van der Waals surface area (Å²) < 4.78 is 0. The van der Waals surface area contributed by atoms with Crippen LogP contribution in [0.3, 0.4) is 0 Å². The number of allylic oxidation sites excluding steroid dienone is 14. The molecule has 4 heterocycles. The molecule has 3 aromatic carbocycles. The van der Waals surface area contributed by atoms with E-state index in [0.717, 1.165) is 32.1 Å². The maximum Gasteiger partial charge on any atom is 0.251 e. The van der Waals surface area contributed by atoms with Crippen LogP contribution >= 0.6 is 0 Å². The van der Waals surface area contributed by atoms with Gasteiger partial charge in [-0.3, -0.25) is 0 Å². The molecule has 8 aliphatic rings. The van der Waals surface area contributed by atoms with E-state index in [1.807, 2.05) is 0 Å². The highest BCUT2D eigenvalue weighted by Crippen LogP contribution is 2.60. The molecule has 0 radical (unpaired) electrons. The van der Waals surface area contributed by atoms with Crippen molar-refractivity contribution in [2.45, 2.75) is 143 Å². The Morgan fingerprint density at radius 1 is 0.710 bits per heavy atom. The Bertz CT molecular complexity index is 2730. The average molecular weight is 815 g/mol. The largest absolute Gasteiger partial charge is 0.335 e. The number of fused-ring (bicyclic) bond motifs is 13. The summed E-state index contributed by atoms with van der Waals surface area (Å²) in [4.78, 5) is 5.61. The molecule has 4 unspecified atom stereocenters. The predicted molar refractivity (Wildman–Crippen MR) is 266 cm³/mol. The lowest BCUT2D eigenvalue weighted by Crippen LogP contribution is -2.58. The summed E-state index contributed by atoms with van der Waals surface area (Å²) in [6.07, 6.45) is 30.2. The van der Waals surface area contributed by atoms with Crippen LogP contribution < -0.4 is 20.7 Å². The lowest BCUT2D eigenvalue weighted by molar-refractivity contribution is 0.384. The maximum atomic E-state index is 2.82. The molecule has 0 saturated heterocycles. The maximum absolute atomic E-state index is 2.82. The number of nitrogens with zero attached hydrogens (tertiary/aromatic N) is 2. The summed E-state index contributed by atoms with van der Waals surface area (Å²) in [5.41, 5.74) is 23.3. The molecular weight excluding hydrogens is 747 g/mol. The second-order valence-corrected chi connectivity index (χ2v) is 23.8. The number of hydrogen-bond donors (Lipinski definition) is 0. The number of rotatable bonds is 1. The first-order valence-corrected chi connectivity index (χ1v) is 23.9. The molecule has 0 fully saturated rings. The smallest absolute Gasteiger partial charge is 0.251 e. The summed E-state index contributed by atoms with van der Waals surface area (Å²) in [6.45, 7) is 29.3. The monoisotopic (exact) mass is 815 g/mol. The molecule has 0 aromatic heterocycles. The van der Waals surface area contributed by atoms with Crippen LogP contribution in [0.2, 0.25) is 0 Å². The first-order valence-electron chi connectivity index (χ1n) is 23.9. The van der Waals surface area contributed by atoms with E-state index in [9.17, 15) is 0 Å². The highest BCUT2D eigenvalue weighted by atomic mass is 15.2. The summed E-state index contributed by atoms with van der Waals surface area (Å²) in [5, 5.41) is 0. The molecular formula is C59H67BN2. The van der Waals surface area contributed by atoms with Gasteiger partial charge < -0.3 is 9.80 Å². The number of anilines is 4. The molecule has 3 aromatic rings. The van der Waals surface area contributed by atoms with Crippen molar-refractivity contribution in [3.05, 3.63) is 165 Å². The first-order chi connectivity index (χ1) is 29.3. The second-order valence-electron chi connectivity index (χ2n) is 23.8. The van der Waals surface area contributed by atoms with Crippen LogP contribution in [-0.4, -0.2) is 12.8 Å². The van der Waals surface area contributed by atoms with Crippen molar-refractivity contribution in [1.29, 1.82) is 0 Å². The normalized spacial score (nSPS) is 26.5. The van der Waals surface area contributed by atoms with Crippen LogP contribution in [-0.2, 0) is 16.2 Å². The molecule has 0 N–H and O–H groups in total. The number of hydrogen-bond acceptors (Lipinski definition) is 2. The zero-order valence-electron chi connectivity index (χ0n) is 39.6. The van der Waals surface area contributed by atoms with Crippen molar-refractivity contribution < 1.29 is 0 Å². The van der Waals surface area contributed by atoms with Gasteiger partial charge in [-0.05, 0) is 123 Å². The highest BCUT2D eigenvalue weighted by molar-refractivity contribution is 6.95. The summed E-state index contributed by atoms with van der Waals surface area (Å²) in [7, 11) is 0. The van der Waals surface area contributed by atoms with Crippen molar-refractivity contribution in [3.8, 4) is 0 Å². The van der Waals surface area contributed by atoms with Crippen LogP contribution in [0, 0.1) is 16.7 Å². The molecule has 2 nitrogen and oxygen atoms in total. The summed E-state index contributed by atoms with van der Waals surface area (Å²) >= 11 is 0. The van der Waals surface area contributed by atoms with Gasteiger partial charge in [0.25, 0.3) is 6.71 Å². The summed E-state index contributed by atoms with van der Waals surface area (Å²) in [5.74, 6) is 0.634. The van der Waals surface area contributed by atoms with Gasteiger partial charge in [0.1, 0.15) is 0 Å². The minimum absolute atomic E-state index is 0.0183. The fourth-order valence-electron chi connectivity index (χ4n) is 12.7. The lowest BCUT2D eigenvalue weighted by atomic mass is 9.31. The third-order valence-electron chi connectivity index (χ3n) is 16.8. The lowest BCUT2D eigenvalue weighted by Gasteiger charge is -2.50. The zero-order valence-corrected chi connectivity index (χ0v) is 39.6. The van der Waals surface area contributed by atoms with Gasteiger partial charge in [0, 0.05) is 45.2 Å². The third kappa shape index (κ3) is 5.68. The van der Waals surface area contributed by atoms with Crippen LogP contribution in [0.25, 0.3) is 0 Å². The van der Waals surface area contributed by atoms with E-state index in [4.69, 9.17) is 0 Å². The van der Waals surface area contributed by atoms with E-state index in [1.54, 1.807) is 11.1 Å². The molecule has 0 saturated carbocycles. The fourth-order valence-corrected chi connectivity index (χ4v) is 12.7.